The van der Waals surface area contributed by atoms with E-state index in [2.05, 4.69) is 0 Å². The van der Waals surface area contributed by atoms with Gasteiger partial charge in [-0.05, 0) is 11.1 Å². The van der Waals surface area contributed by atoms with Crippen molar-refractivity contribution in [3.8, 4) is 0 Å². The normalized spacial score (nSPS) is 11.2. The Bertz CT molecular complexity index is 527. The summed E-state index contributed by atoms with van der Waals surface area (Å²) in [7, 11) is 3.80. The monoisotopic (exact) mass is 285 g/mol. The highest BCUT2D eigenvalue weighted by atomic mass is 32.1. The van der Waals surface area contributed by atoms with Crippen LogP contribution < -0.4 is 0 Å². The summed E-state index contributed by atoms with van der Waals surface area (Å²) in [6, 6.07) is 19.4. The van der Waals surface area contributed by atoms with Gasteiger partial charge in [0.2, 0.25) is 0 Å². The summed E-state index contributed by atoms with van der Waals surface area (Å²) in [6.45, 7) is 0. The first-order chi connectivity index (χ1) is 9.54. The molecule has 0 unspecified atom stereocenters. The topological polar surface area (TPSA) is 23.5 Å². The van der Waals surface area contributed by atoms with Crippen molar-refractivity contribution in [2.75, 3.05) is 14.1 Å². The first kappa shape index (κ1) is 14.7. The zero-order valence-corrected chi connectivity index (χ0v) is 12.6. The molecule has 2 aromatic rings. The maximum absolute atomic E-state index is 11.3. The van der Waals surface area contributed by atoms with Gasteiger partial charge < -0.3 is 10.0 Å². The molecule has 0 atom stereocenters. The summed E-state index contributed by atoms with van der Waals surface area (Å²) in [5.41, 5.74) is 0.620. The van der Waals surface area contributed by atoms with Gasteiger partial charge in [0.1, 0.15) is 5.60 Å². The minimum atomic E-state index is -1.09. The van der Waals surface area contributed by atoms with Crippen LogP contribution in [0.2, 0.25) is 0 Å². The largest absolute Gasteiger partial charge is 0.380 e. The second-order valence-electron chi connectivity index (χ2n) is 5.06. The third-order valence-electron chi connectivity index (χ3n) is 3.41. The molecular formula is C17H19NOS. The molecule has 104 valence electrons. The number of rotatable bonds is 4. The minimum absolute atomic E-state index is 0.392. The molecular weight excluding hydrogens is 266 g/mol. The van der Waals surface area contributed by atoms with Gasteiger partial charge in [-0.25, -0.2) is 0 Å². The quantitative estimate of drug-likeness (QED) is 0.873. The van der Waals surface area contributed by atoms with E-state index in [9.17, 15) is 5.11 Å². The first-order valence-electron chi connectivity index (χ1n) is 6.57. The zero-order chi connectivity index (χ0) is 14.6. The predicted octanol–water partition coefficient (Wildman–Crippen LogP) is 3.20. The molecule has 0 aliphatic carbocycles. The Morgan fingerprint density at radius 2 is 1.35 bits per heavy atom. The van der Waals surface area contributed by atoms with E-state index in [1.165, 1.54) is 0 Å². The highest BCUT2D eigenvalue weighted by molar-refractivity contribution is 7.80. The second-order valence-corrected chi connectivity index (χ2v) is 5.53. The third kappa shape index (κ3) is 3.06. The molecule has 0 aromatic heterocycles. The van der Waals surface area contributed by atoms with Gasteiger partial charge in [0, 0.05) is 20.5 Å². The van der Waals surface area contributed by atoms with Crippen molar-refractivity contribution < 1.29 is 5.11 Å². The average Bonchev–Trinajstić information content (AvgIpc) is 2.48. The summed E-state index contributed by atoms with van der Waals surface area (Å²) < 4.78 is 0. The van der Waals surface area contributed by atoms with Gasteiger partial charge in [0.05, 0.1) is 4.99 Å². The predicted molar refractivity (Wildman–Crippen MR) is 86.8 cm³/mol. The van der Waals surface area contributed by atoms with Crippen molar-refractivity contribution >= 4 is 17.2 Å². The van der Waals surface area contributed by atoms with E-state index >= 15 is 0 Å². The van der Waals surface area contributed by atoms with Crippen LogP contribution in [0.15, 0.2) is 60.7 Å². The van der Waals surface area contributed by atoms with Crippen molar-refractivity contribution in [3.05, 3.63) is 71.8 Å². The van der Waals surface area contributed by atoms with E-state index in [0.717, 1.165) is 16.1 Å². The van der Waals surface area contributed by atoms with Gasteiger partial charge in [-0.2, -0.15) is 0 Å². The molecule has 1 N–H and O–H groups in total. The van der Waals surface area contributed by atoms with Crippen molar-refractivity contribution in [1.29, 1.82) is 0 Å². The molecule has 0 bridgehead atoms. The summed E-state index contributed by atoms with van der Waals surface area (Å²) in [5, 5.41) is 11.3. The summed E-state index contributed by atoms with van der Waals surface area (Å²) in [5.74, 6) is 0. The molecule has 2 nitrogen and oxygen atoms in total. The van der Waals surface area contributed by atoms with Crippen LogP contribution in [-0.4, -0.2) is 29.1 Å². The van der Waals surface area contributed by atoms with E-state index in [0.29, 0.717) is 6.42 Å². The standard InChI is InChI=1S/C17H19NOS/c1-18(2)16(20)13-17(19,14-9-5-3-6-10-14)15-11-7-4-8-12-15/h3-12,19H,13H2,1-2H3. The summed E-state index contributed by atoms with van der Waals surface area (Å²) >= 11 is 5.39. The molecule has 0 radical (unpaired) electrons. The lowest BCUT2D eigenvalue weighted by Gasteiger charge is -2.31. The van der Waals surface area contributed by atoms with Crippen LogP contribution in [0.5, 0.6) is 0 Å². The highest BCUT2D eigenvalue weighted by Crippen LogP contribution is 2.33. The molecule has 0 heterocycles. The zero-order valence-electron chi connectivity index (χ0n) is 11.8. The van der Waals surface area contributed by atoms with Gasteiger partial charge in [-0.1, -0.05) is 72.9 Å². The molecule has 3 heteroatoms. The van der Waals surface area contributed by atoms with Crippen LogP contribution >= 0.6 is 12.2 Å². The Morgan fingerprint density at radius 1 is 0.950 bits per heavy atom. The molecule has 0 saturated carbocycles. The Kier molecular flexibility index (Phi) is 4.53. The van der Waals surface area contributed by atoms with E-state index in [4.69, 9.17) is 12.2 Å². The van der Waals surface area contributed by atoms with Crippen LogP contribution in [0.3, 0.4) is 0 Å². The second kappa shape index (κ2) is 6.16. The lowest BCUT2D eigenvalue weighted by molar-refractivity contribution is 0.0872. The highest BCUT2D eigenvalue weighted by Gasteiger charge is 2.33. The van der Waals surface area contributed by atoms with Crippen LogP contribution in [0.25, 0.3) is 0 Å². The van der Waals surface area contributed by atoms with Gasteiger partial charge in [0.15, 0.2) is 0 Å². The molecule has 0 spiro atoms. The van der Waals surface area contributed by atoms with Gasteiger partial charge in [0.25, 0.3) is 0 Å². The van der Waals surface area contributed by atoms with Crippen molar-refractivity contribution in [2.24, 2.45) is 0 Å². The number of nitrogens with zero attached hydrogens (tertiary/aromatic N) is 1. The first-order valence-corrected chi connectivity index (χ1v) is 6.98. The lowest BCUT2D eigenvalue weighted by atomic mass is 9.83. The Morgan fingerprint density at radius 3 is 1.70 bits per heavy atom. The lowest BCUT2D eigenvalue weighted by Crippen LogP contribution is -2.34. The fourth-order valence-electron chi connectivity index (χ4n) is 2.18. The van der Waals surface area contributed by atoms with E-state index in [-0.39, 0.29) is 0 Å². The van der Waals surface area contributed by atoms with Gasteiger partial charge in [-0.15, -0.1) is 0 Å². The molecule has 0 aliphatic rings. The van der Waals surface area contributed by atoms with Crippen LogP contribution in [0.4, 0.5) is 0 Å². The molecule has 0 amide bonds. The van der Waals surface area contributed by atoms with E-state index in [1.54, 1.807) is 0 Å². The summed E-state index contributed by atoms with van der Waals surface area (Å²) in [4.78, 5) is 2.59. The van der Waals surface area contributed by atoms with E-state index in [1.807, 2.05) is 79.7 Å². The number of hydrogen-bond donors (Lipinski definition) is 1. The number of thiocarbonyl (C=S) groups is 1. The van der Waals surface area contributed by atoms with Crippen molar-refractivity contribution in [3.63, 3.8) is 0 Å². The fraction of sp³-hybridized carbons (Fsp3) is 0.235. The van der Waals surface area contributed by atoms with Gasteiger partial charge in [-0.3, -0.25) is 0 Å². The van der Waals surface area contributed by atoms with E-state index < -0.39 is 5.60 Å². The average molecular weight is 285 g/mol. The maximum atomic E-state index is 11.3. The smallest absolute Gasteiger partial charge is 0.121 e. The SMILES string of the molecule is CN(C)C(=S)CC(O)(c1ccccc1)c1ccccc1. The van der Waals surface area contributed by atoms with Gasteiger partial charge >= 0.3 is 0 Å². The maximum Gasteiger partial charge on any atom is 0.121 e. The molecule has 2 rings (SSSR count). The van der Waals surface area contributed by atoms with Crippen molar-refractivity contribution in [2.45, 2.75) is 12.0 Å². The Balaban J connectivity index is 2.47. The Labute approximate surface area is 125 Å². The molecule has 0 fully saturated rings. The molecule has 2 aromatic carbocycles. The molecule has 20 heavy (non-hydrogen) atoms. The Hall–Kier alpha value is -1.71. The molecule has 0 aliphatic heterocycles. The number of hydrogen-bond acceptors (Lipinski definition) is 2. The van der Waals surface area contributed by atoms with Crippen molar-refractivity contribution in [1.82, 2.24) is 4.90 Å². The van der Waals surface area contributed by atoms with Crippen LogP contribution in [0.1, 0.15) is 17.5 Å². The number of benzene rings is 2. The van der Waals surface area contributed by atoms with Crippen LogP contribution in [0, 0.1) is 0 Å². The third-order valence-corrected chi connectivity index (χ3v) is 3.92. The van der Waals surface area contributed by atoms with Crippen LogP contribution in [-0.2, 0) is 5.60 Å². The number of aliphatic hydroxyl groups is 1. The fourth-order valence-corrected chi connectivity index (χ4v) is 2.38. The minimum Gasteiger partial charge on any atom is -0.380 e. The molecule has 0 saturated heterocycles. The summed E-state index contributed by atoms with van der Waals surface area (Å²) in [6.07, 6.45) is 0.392.